The van der Waals surface area contributed by atoms with Gasteiger partial charge in [0.25, 0.3) is 0 Å². The Morgan fingerprint density at radius 2 is 2.33 bits per heavy atom. The minimum absolute atomic E-state index is 0.121. The summed E-state index contributed by atoms with van der Waals surface area (Å²) in [5.41, 5.74) is -0.121. The van der Waals surface area contributed by atoms with Crippen molar-refractivity contribution in [3.63, 3.8) is 0 Å². The average molecular weight is 165 g/mol. The maximum Gasteiger partial charge on any atom is 0.158 e. The standard InChI is InChI=1S/C5H6Cl2N2/c6-4-1-3-2-5(3,7)9-8-4/h3-4H,1-2H2/t3-,4?,5?/m0/s1. The van der Waals surface area contributed by atoms with Gasteiger partial charge >= 0.3 is 0 Å². The van der Waals surface area contributed by atoms with Crippen molar-refractivity contribution < 1.29 is 0 Å². The molecule has 1 fully saturated rings. The number of hydrogen-bond acceptors (Lipinski definition) is 2. The third-order valence-corrected chi connectivity index (χ3v) is 2.63. The van der Waals surface area contributed by atoms with Gasteiger partial charge in [-0.15, -0.1) is 0 Å². The van der Waals surface area contributed by atoms with Crippen molar-refractivity contribution in [1.82, 2.24) is 0 Å². The topological polar surface area (TPSA) is 24.7 Å². The molecule has 1 saturated carbocycles. The Morgan fingerprint density at radius 3 is 2.89 bits per heavy atom. The molecule has 0 aromatic rings. The zero-order valence-corrected chi connectivity index (χ0v) is 6.23. The van der Waals surface area contributed by atoms with Gasteiger partial charge in [0, 0.05) is 5.92 Å². The normalized spacial score (nSPS) is 54.9. The molecule has 4 heteroatoms. The van der Waals surface area contributed by atoms with Crippen LogP contribution < -0.4 is 0 Å². The molecule has 2 nitrogen and oxygen atoms in total. The largest absolute Gasteiger partial charge is 0.173 e. The Balaban J connectivity index is 2.18. The average Bonchev–Trinajstić information content (AvgIpc) is 2.41. The van der Waals surface area contributed by atoms with E-state index in [1.807, 2.05) is 0 Å². The van der Waals surface area contributed by atoms with Gasteiger partial charge in [0.05, 0.1) is 0 Å². The molecule has 2 rings (SSSR count). The van der Waals surface area contributed by atoms with Gasteiger partial charge in [0.2, 0.25) is 0 Å². The van der Waals surface area contributed by atoms with E-state index in [9.17, 15) is 0 Å². The lowest BCUT2D eigenvalue weighted by Crippen LogP contribution is -2.08. The molecular formula is C5H6Cl2N2. The van der Waals surface area contributed by atoms with Crippen molar-refractivity contribution in [3.05, 3.63) is 0 Å². The van der Waals surface area contributed by atoms with Gasteiger partial charge in [-0.1, -0.05) is 23.2 Å². The van der Waals surface area contributed by atoms with Crippen molar-refractivity contribution in [3.8, 4) is 0 Å². The van der Waals surface area contributed by atoms with Crippen molar-refractivity contribution >= 4 is 23.2 Å². The minimum atomic E-state index is -0.328. The highest BCUT2D eigenvalue weighted by Gasteiger charge is 2.56. The Morgan fingerprint density at radius 1 is 1.56 bits per heavy atom. The Bertz CT molecular complexity index is 170. The number of halogens is 2. The highest BCUT2D eigenvalue weighted by Crippen LogP contribution is 2.56. The molecule has 0 N–H and O–H groups in total. The third-order valence-electron chi connectivity index (χ3n) is 1.83. The van der Waals surface area contributed by atoms with E-state index in [-0.39, 0.29) is 10.5 Å². The van der Waals surface area contributed by atoms with E-state index in [0.717, 1.165) is 12.8 Å². The van der Waals surface area contributed by atoms with Gasteiger partial charge in [-0.05, 0) is 12.8 Å². The van der Waals surface area contributed by atoms with Crippen LogP contribution in [0, 0.1) is 5.92 Å². The number of hydrogen-bond donors (Lipinski definition) is 0. The van der Waals surface area contributed by atoms with E-state index in [1.54, 1.807) is 0 Å². The molecule has 1 aliphatic carbocycles. The van der Waals surface area contributed by atoms with Gasteiger partial charge in [-0.25, -0.2) is 0 Å². The first kappa shape index (κ1) is 5.93. The van der Waals surface area contributed by atoms with E-state index in [0.29, 0.717) is 5.92 Å². The van der Waals surface area contributed by atoms with E-state index in [4.69, 9.17) is 23.2 Å². The molecule has 3 atom stereocenters. The number of rotatable bonds is 0. The highest BCUT2D eigenvalue weighted by atomic mass is 35.5. The Kier molecular flexibility index (Phi) is 1.06. The first-order valence-corrected chi connectivity index (χ1v) is 3.77. The van der Waals surface area contributed by atoms with Crippen molar-refractivity contribution in [1.29, 1.82) is 0 Å². The SMILES string of the molecule is ClC1C[C@H]2CC2(Cl)N=N1. The molecule has 0 saturated heterocycles. The minimum Gasteiger partial charge on any atom is -0.173 e. The lowest BCUT2D eigenvalue weighted by molar-refractivity contribution is 0.565. The Hall–Kier alpha value is 0.180. The molecular weight excluding hydrogens is 159 g/mol. The smallest absolute Gasteiger partial charge is 0.158 e. The third kappa shape index (κ3) is 0.849. The molecule has 50 valence electrons. The molecule has 0 amide bonds. The second-order valence-corrected chi connectivity index (χ2v) is 3.76. The van der Waals surface area contributed by atoms with E-state index in [1.165, 1.54) is 0 Å². The summed E-state index contributed by atoms with van der Waals surface area (Å²) in [4.78, 5) is -0.328. The number of alkyl halides is 2. The zero-order chi connectivity index (χ0) is 6.48. The van der Waals surface area contributed by atoms with Crippen LogP contribution >= 0.6 is 23.2 Å². The van der Waals surface area contributed by atoms with Gasteiger partial charge in [0.15, 0.2) is 5.00 Å². The maximum atomic E-state index is 5.89. The number of nitrogens with zero attached hydrogens (tertiary/aromatic N) is 2. The second kappa shape index (κ2) is 1.61. The first-order chi connectivity index (χ1) is 4.21. The fourth-order valence-electron chi connectivity index (χ4n) is 1.11. The summed E-state index contributed by atoms with van der Waals surface area (Å²) in [6, 6.07) is 0. The molecule has 1 aliphatic heterocycles. The van der Waals surface area contributed by atoms with E-state index in [2.05, 4.69) is 10.2 Å². The van der Waals surface area contributed by atoms with Crippen LogP contribution in [-0.4, -0.2) is 10.5 Å². The van der Waals surface area contributed by atoms with Crippen molar-refractivity contribution in [2.75, 3.05) is 0 Å². The summed E-state index contributed by atoms with van der Waals surface area (Å²) in [6.07, 6.45) is 1.86. The molecule has 0 spiro atoms. The highest BCUT2D eigenvalue weighted by molar-refractivity contribution is 6.26. The second-order valence-electron chi connectivity index (χ2n) is 2.61. The molecule has 2 unspecified atom stereocenters. The van der Waals surface area contributed by atoms with E-state index >= 15 is 0 Å². The van der Waals surface area contributed by atoms with Crippen LogP contribution in [0.5, 0.6) is 0 Å². The van der Waals surface area contributed by atoms with Gasteiger partial charge in [-0.3, -0.25) is 0 Å². The number of azo groups is 1. The molecule has 1 heterocycles. The van der Waals surface area contributed by atoms with Crippen molar-refractivity contribution in [2.45, 2.75) is 23.3 Å². The Labute approximate surface area is 63.2 Å². The predicted octanol–water partition coefficient (Wildman–Crippen LogP) is 2.36. The van der Waals surface area contributed by atoms with Crippen LogP contribution in [0.1, 0.15) is 12.8 Å². The summed E-state index contributed by atoms with van der Waals surface area (Å²) in [5, 5.41) is 7.66. The van der Waals surface area contributed by atoms with Crippen LogP contribution in [0.2, 0.25) is 0 Å². The number of fused-ring (bicyclic) bond motifs is 1. The first-order valence-electron chi connectivity index (χ1n) is 2.96. The van der Waals surface area contributed by atoms with Gasteiger partial charge < -0.3 is 0 Å². The molecule has 9 heavy (non-hydrogen) atoms. The monoisotopic (exact) mass is 164 g/mol. The van der Waals surface area contributed by atoms with Crippen LogP contribution in [0.4, 0.5) is 0 Å². The summed E-state index contributed by atoms with van der Waals surface area (Å²) in [6.45, 7) is 0. The fourth-order valence-corrected chi connectivity index (χ4v) is 1.69. The van der Waals surface area contributed by atoms with Crippen LogP contribution in [0.3, 0.4) is 0 Å². The molecule has 0 aromatic heterocycles. The fraction of sp³-hybridized carbons (Fsp3) is 1.00. The summed E-state index contributed by atoms with van der Waals surface area (Å²) in [5.74, 6) is 0.499. The van der Waals surface area contributed by atoms with Crippen LogP contribution in [-0.2, 0) is 0 Å². The lowest BCUT2D eigenvalue weighted by atomic mass is 10.3. The lowest BCUT2D eigenvalue weighted by Gasteiger charge is -2.09. The van der Waals surface area contributed by atoms with Crippen LogP contribution in [0.25, 0.3) is 0 Å². The molecule has 0 aromatic carbocycles. The molecule has 0 bridgehead atoms. The van der Waals surface area contributed by atoms with Crippen LogP contribution in [0.15, 0.2) is 10.2 Å². The summed E-state index contributed by atoms with van der Waals surface area (Å²) < 4.78 is 0. The summed E-state index contributed by atoms with van der Waals surface area (Å²) >= 11 is 11.6. The zero-order valence-electron chi connectivity index (χ0n) is 4.72. The molecule has 0 radical (unpaired) electrons. The predicted molar refractivity (Wildman–Crippen MR) is 35.8 cm³/mol. The van der Waals surface area contributed by atoms with Crippen molar-refractivity contribution in [2.24, 2.45) is 16.1 Å². The van der Waals surface area contributed by atoms with E-state index < -0.39 is 0 Å². The van der Waals surface area contributed by atoms with Gasteiger partial charge in [-0.2, -0.15) is 10.2 Å². The van der Waals surface area contributed by atoms with Gasteiger partial charge in [0.1, 0.15) is 5.50 Å². The maximum absolute atomic E-state index is 5.89. The molecule has 2 aliphatic rings. The summed E-state index contributed by atoms with van der Waals surface area (Å²) in [7, 11) is 0. The quantitative estimate of drug-likeness (QED) is 0.388.